The number of rotatable bonds is 16. The number of hydrogen-bond donors (Lipinski definition) is 0. The topological polar surface area (TPSA) is 52.6 Å². The Morgan fingerprint density at radius 2 is 0.853 bits per heavy atom. The quantitative estimate of drug-likeness (QED) is 0.113. The summed E-state index contributed by atoms with van der Waals surface area (Å²) < 4.78 is 11.9. The summed E-state index contributed by atoms with van der Waals surface area (Å²) in [6.07, 6.45) is 12.9. The molecule has 0 saturated heterocycles. The Kier molecular flexibility index (Phi) is 18.5. The van der Waals surface area contributed by atoms with Crippen molar-refractivity contribution in [2.45, 2.75) is 164 Å². The molecule has 4 nitrogen and oxygen atoms in total. The molecule has 0 aliphatic heterocycles. The Balaban J connectivity index is -0.00000512. The van der Waals surface area contributed by atoms with Gasteiger partial charge in [-0.2, -0.15) is 0 Å². The van der Waals surface area contributed by atoms with Crippen molar-refractivity contribution in [3.63, 3.8) is 0 Å². The molecule has 0 aromatic heterocycles. The second-order valence-corrected chi connectivity index (χ2v) is 12.4. The van der Waals surface area contributed by atoms with Crippen LogP contribution >= 0.6 is 0 Å². The Morgan fingerprint density at radius 1 is 0.559 bits per heavy atom. The van der Waals surface area contributed by atoms with Gasteiger partial charge in [-0.15, -0.1) is 0 Å². The summed E-state index contributed by atoms with van der Waals surface area (Å²) in [5.41, 5.74) is -1.64. The average molecular weight is 509 g/mol. The van der Waals surface area contributed by atoms with E-state index in [-0.39, 0.29) is 70.1 Å². The van der Waals surface area contributed by atoms with Crippen LogP contribution in [0.1, 0.15) is 154 Å². The van der Waals surface area contributed by atoms with Gasteiger partial charge in [0.2, 0.25) is 0 Å². The molecular weight excluding hydrogens is 451 g/mol. The molecule has 0 aromatic rings. The minimum Gasteiger partial charge on any atom is -1.00 e. The van der Waals surface area contributed by atoms with Crippen LogP contribution in [-0.4, -0.2) is 23.1 Å². The van der Waals surface area contributed by atoms with Gasteiger partial charge < -0.3 is 10.9 Å². The third kappa shape index (κ3) is 13.8. The summed E-state index contributed by atoms with van der Waals surface area (Å²) in [7, 11) is 0. The maximum absolute atomic E-state index is 12.8. The van der Waals surface area contributed by atoms with Gasteiger partial charge in [-0.1, -0.05) is 107 Å². The van der Waals surface area contributed by atoms with Crippen molar-refractivity contribution < 1.29 is 71.9 Å². The van der Waals surface area contributed by atoms with Gasteiger partial charge in [-0.25, -0.2) is 0 Å². The molecule has 0 amide bonds. The molecule has 0 rings (SSSR count). The van der Waals surface area contributed by atoms with Crippen LogP contribution in [0, 0.1) is 10.8 Å². The molecule has 0 aliphatic carbocycles. The van der Waals surface area contributed by atoms with Crippen LogP contribution in [0.15, 0.2) is 0 Å². The van der Waals surface area contributed by atoms with Crippen molar-refractivity contribution in [1.29, 1.82) is 0 Å². The Morgan fingerprint density at radius 3 is 1.12 bits per heavy atom. The maximum atomic E-state index is 12.8. The van der Waals surface area contributed by atoms with Crippen LogP contribution in [0.3, 0.4) is 0 Å². The van der Waals surface area contributed by atoms with E-state index in [4.69, 9.17) is 9.47 Å². The number of carbonyl (C=O) groups excluding carboxylic acids is 2. The van der Waals surface area contributed by atoms with Crippen molar-refractivity contribution in [2.75, 3.05) is 0 Å². The number of hydrogen-bond acceptors (Lipinski definition) is 4. The van der Waals surface area contributed by atoms with Crippen molar-refractivity contribution in [1.82, 2.24) is 0 Å². The van der Waals surface area contributed by atoms with Crippen LogP contribution in [0.4, 0.5) is 0 Å². The fourth-order valence-corrected chi connectivity index (χ4v) is 3.98. The molecule has 0 aromatic carbocycles. The summed E-state index contributed by atoms with van der Waals surface area (Å²) in [6.45, 7) is 21.0. The van der Waals surface area contributed by atoms with E-state index in [0.717, 1.165) is 38.5 Å². The fourth-order valence-electron chi connectivity index (χ4n) is 3.98. The van der Waals surface area contributed by atoms with Gasteiger partial charge in [0.1, 0.15) is 17.6 Å². The number of esters is 2. The monoisotopic (exact) mass is 508 g/mol. The van der Waals surface area contributed by atoms with Gasteiger partial charge in [-0.05, 0) is 39.5 Å². The normalized spacial score (nSPS) is 15.6. The van der Waals surface area contributed by atoms with Crippen LogP contribution in [-0.2, 0) is 19.1 Å². The SMILES string of the molecule is CCCCCCCC(C)(OC(=O)CC(=O)OC(C)(CCCCCCC)C(C)(C)C)C(C)(C)C.[H-].[K+]. The molecule has 0 aliphatic rings. The molecule has 0 radical (unpaired) electrons. The molecule has 2 unspecified atom stereocenters. The van der Waals surface area contributed by atoms with Gasteiger partial charge in [0.25, 0.3) is 0 Å². The average Bonchev–Trinajstić information content (AvgIpc) is 2.65. The summed E-state index contributed by atoms with van der Waals surface area (Å²) in [6, 6.07) is 0. The van der Waals surface area contributed by atoms with Gasteiger partial charge in [0.15, 0.2) is 0 Å². The standard InChI is InChI=1S/C29H56O4.K.H/c1-11-13-15-17-19-21-28(9,26(3,4)5)32-24(30)23-25(31)33-29(10,27(6,7)8)22-20-18-16-14-12-2;;/h11-23H2,1-10H3;;/q;+1;-1. The molecule has 0 saturated carbocycles. The first-order valence-corrected chi connectivity index (χ1v) is 13.6. The zero-order chi connectivity index (χ0) is 25.8. The van der Waals surface area contributed by atoms with E-state index in [1.54, 1.807) is 0 Å². The summed E-state index contributed by atoms with van der Waals surface area (Å²) >= 11 is 0. The Bertz CT molecular complexity index is 532. The largest absolute Gasteiger partial charge is 1.00 e. The first-order valence-electron chi connectivity index (χ1n) is 13.6. The molecule has 198 valence electrons. The van der Waals surface area contributed by atoms with Crippen LogP contribution in [0.5, 0.6) is 0 Å². The van der Waals surface area contributed by atoms with Gasteiger partial charge in [0.05, 0.1) is 0 Å². The van der Waals surface area contributed by atoms with E-state index in [1.807, 2.05) is 13.8 Å². The summed E-state index contributed by atoms with van der Waals surface area (Å²) in [5.74, 6) is -0.963. The van der Waals surface area contributed by atoms with E-state index < -0.39 is 23.1 Å². The van der Waals surface area contributed by atoms with Crippen molar-refractivity contribution >= 4 is 11.9 Å². The third-order valence-electron chi connectivity index (χ3n) is 7.65. The van der Waals surface area contributed by atoms with Crippen molar-refractivity contribution in [2.24, 2.45) is 10.8 Å². The Hall–Kier alpha value is 0.576. The summed E-state index contributed by atoms with van der Waals surface area (Å²) in [5, 5.41) is 0. The summed E-state index contributed by atoms with van der Waals surface area (Å²) in [4.78, 5) is 25.6. The van der Waals surface area contributed by atoms with E-state index in [2.05, 4.69) is 55.4 Å². The van der Waals surface area contributed by atoms with Crippen LogP contribution < -0.4 is 51.4 Å². The molecule has 0 N–H and O–H groups in total. The van der Waals surface area contributed by atoms with Crippen molar-refractivity contribution in [3.8, 4) is 0 Å². The van der Waals surface area contributed by atoms with E-state index in [9.17, 15) is 9.59 Å². The molecule has 34 heavy (non-hydrogen) atoms. The number of ether oxygens (including phenoxy) is 2. The van der Waals surface area contributed by atoms with E-state index in [0.29, 0.717) is 0 Å². The molecule has 2 atom stereocenters. The predicted octanol–water partition coefficient (Wildman–Crippen LogP) is 5.91. The first kappa shape index (κ1) is 36.7. The number of carbonyl (C=O) groups is 2. The Labute approximate surface area is 256 Å². The zero-order valence-electron chi connectivity index (χ0n) is 25.8. The van der Waals surface area contributed by atoms with Crippen LogP contribution in [0.2, 0.25) is 0 Å². The smallest absolute Gasteiger partial charge is 1.00 e. The molecule has 0 bridgehead atoms. The van der Waals surface area contributed by atoms with E-state index in [1.165, 1.54) is 38.5 Å². The van der Waals surface area contributed by atoms with Gasteiger partial charge in [0, 0.05) is 10.8 Å². The van der Waals surface area contributed by atoms with Crippen molar-refractivity contribution in [3.05, 3.63) is 0 Å². The van der Waals surface area contributed by atoms with Crippen LogP contribution in [0.25, 0.3) is 0 Å². The molecule has 0 heterocycles. The second-order valence-electron chi connectivity index (χ2n) is 12.4. The predicted molar refractivity (Wildman–Crippen MR) is 140 cm³/mol. The molecular formula is C29H57KO4. The van der Waals surface area contributed by atoms with Gasteiger partial charge >= 0.3 is 63.3 Å². The molecule has 5 heteroatoms. The number of unbranched alkanes of at least 4 members (excludes halogenated alkanes) is 8. The third-order valence-corrected chi connectivity index (χ3v) is 7.65. The zero-order valence-corrected chi connectivity index (χ0v) is 27.9. The first-order chi connectivity index (χ1) is 15.1. The maximum Gasteiger partial charge on any atom is 1.00 e. The molecule has 0 spiro atoms. The van der Waals surface area contributed by atoms with Gasteiger partial charge in [-0.3, -0.25) is 9.59 Å². The fraction of sp³-hybridized carbons (Fsp3) is 0.931. The molecule has 0 fully saturated rings. The minimum absolute atomic E-state index is 0. The minimum atomic E-state index is -0.608. The van der Waals surface area contributed by atoms with E-state index >= 15 is 0 Å². The second kappa shape index (κ2) is 17.2.